The monoisotopic (exact) mass is 247 g/mol. The molecule has 0 saturated carbocycles. The van der Waals surface area contributed by atoms with Gasteiger partial charge in [-0.05, 0) is 39.2 Å². The first-order chi connectivity index (χ1) is 8.65. The molecule has 0 aliphatic rings. The molecule has 1 aromatic carbocycles. The number of rotatable bonds is 6. The summed E-state index contributed by atoms with van der Waals surface area (Å²) in [5.74, 6) is -0.219. The maximum atomic E-state index is 11.9. The highest BCUT2D eigenvalue weighted by molar-refractivity contribution is 5.99. The molecule has 0 unspecified atom stereocenters. The van der Waals surface area contributed by atoms with Crippen LogP contribution in [0, 0.1) is 0 Å². The molecule has 0 aliphatic carbocycles. The van der Waals surface area contributed by atoms with Gasteiger partial charge >= 0.3 is 0 Å². The summed E-state index contributed by atoms with van der Waals surface area (Å²) in [6.07, 6.45) is 2.32. The van der Waals surface area contributed by atoms with Gasteiger partial charge in [-0.2, -0.15) is 4.99 Å². The third-order valence-corrected chi connectivity index (χ3v) is 2.38. The van der Waals surface area contributed by atoms with Crippen LogP contribution in [0.15, 0.2) is 29.3 Å². The summed E-state index contributed by atoms with van der Waals surface area (Å²) in [5, 5.41) is 2.80. The summed E-state index contributed by atoms with van der Waals surface area (Å²) < 4.78 is 0. The fourth-order valence-electron chi connectivity index (χ4n) is 1.50. The minimum Gasteiger partial charge on any atom is -0.352 e. The lowest BCUT2D eigenvalue weighted by Crippen LogP contribution is -2.27. The Morgan fingerprint density at radius 3 is 2.78 bits per heavy atom. The molecule has 0 aliphatic heterocycles. The van der Waals surface area contributed by atoms with Crippen molar-refractivity contribution >= 4 is 17.7 Å². The lowest BCUT2D eigenvalue weighted by atomic mass is 10.1. The average Bonchev–Trinajstić information content (AvgIpc) is 2.35. The number of benzene rings is 1. The molecule has 1 amide bonds. The summed E-state index contributed by atoms with van der Waals surface area (Å²) in [5.41, 5.74) is 0.739. The number of para-hydroxylation sites is 1. The largest absolute Gasteiger partial charge is 0.352 e. The number of hydrogen-bond donors (Lipinski definition) is 1. The minimum absolute atomic E-state index is 0.219. The molecule has 0 spiro atoms. The number of carbonyl (C=O) groups excluding carboxylic acids is 2. The Kier molecular flexibility index (Phi) is 5.77. The first kappa shape index (κ1) is 14.1. The molecule has 5 heteroatoms. The molecule has 0 radical (unpaired) electrons. The van der Waals surface area contributed by atoms with Crippen molar-refractivity contribution < 1.29 is 9.59 Å². The highest BCUT2D eigenvalue weighted by Gasteiger charge is 2.09. The van der Waals surface area contributed by atoms with Gasteiger partial charge in [0.15, 0.2) is 0 Å². The van der Waals surface area contributed by atoms with Crippen LogP contribution in [0.5, 0.6) is 0 Å². The molecule has 96 valence electrons. The van der Waals surface area contributed by atoms with Crippen molar-refractivity contribution in [1.82, 2.24) is 10.2 Å². The van der Waals surface area contributed by atoms with Crippen molar-refractivity contribution in [2.24, 2.45) is 4.99 Å². The Morgan fingerprint density at radius 1 is 1.39 bits per heavy atom. The van der Waals surface area contributed by atoms with Crippen molar-refractivity contribution in [2.45, 2.75) is 6.42 Å². The van der Waals surface area contributed by atoms with E-state index >= 15 is 0 Å². The molecule has 18 heavy (non-hydrogen) atoms. The third kappa shape index (κ3) is 4.49. The molecule has 0 atom stereocenters. The van der Waals surface area contributed by atoms with Gasteiger partial charge in [-0.25, -0.2) is 4.79 Å². The number of carbonyl (C=O) groups is 1. The van der Waals surface area contributed by atoms with E-state index in [1.54, 1.807) is 24.3 Å². The number of nitrogens with one attached hydrogen (secondary N) is 1. The summed E-state index contributed by atoms with van der Waals surface area (Å²) in [4.78, 5) is 27.7. The molecule has 0 fully saturated rings. The highest BCUT2D eigenvalue weighted by atomic mass is 16.1. The smallest absolute Gasteiger partial charge is 0.253 e. The summed E-state index contributed by atoms with van der Waals surface area (Å²) in [6, 6.07) is 6.70. The summed E-state index contributed by atoms with van der Waals surface area (Å²) in [6.45, 7) is 1.50. The standard InChI is InChI=1S/C13H17N3O2/c1-16(2)9-5-8-14-13(18)11-6-3-4-7-12(11)15-10-17/h3-4,6-7H,5,8-9H2,1-2H3,(H,14,18). The van der Waals surface area contributed by atoms with Crippen molar-refractivity contribution in [1.29, 1.82) is 0 Å². The molecular formula is C13H17N3O2. The van der Waals surface area contributed by atoms with Gasteiger partial charge in [0.2, 0.25) is 6.08 Å². The van der Waals surface area contributed by atoms with Gasteiger partial charge in [0, 0.05) is 6.54 Å². The molecule has 0 saturated heterocycles. The van der Waals surface area contributed by atoms with E-state index in [1.165, 1.54) is 6.08 Å². The van der Waals surface area contributed by atoms with Gasteiger partial charge < -0.3 is 10.2 Å². The van der Waals surface area contributed by atoms with Crippen molar-refractivity contribution in [3.8, 4) is 0 Å². The molecule has 1 rings (SSSR count). The molecule has 1 aromatic rings. The number of hydrogen-bond acceptors (Lipinski definition) is 4. The molecule has 0 aromatic heterocycles. The number of amides is 1. The van der Waals surface area contributed by atoms with E-state index in [0.29, 0.717) is 17.8 Å². The Labute approximate surface area is 107 Å². The van der Waals surface area contributed by atoms with E-state index in [0.717, 1.165) is 13.0 Å². The second-order valence-electron chi connectivity index (χ2n) is 4.13. The lowest BCUT2D eigenvalue weighted by Gasteiger charge is -2.10. The fraction of sp³-hybridized carbons (Fsp3) is 0.385. The van der Waals surface area contributed by atoms with Gasteiger partial charge in [-0.3, -0.25) is 4.79 Å². The van der Waals surface area contributed by atoms with E-state index in [-0.39, 0.29) is 5.91 Å². The van der Waals surface area contributed by atoms with Gasteiger partial charge in [-0.15, -0.1) is 0 Å². The van der Waals surface area contributed by atoms with Crippen LogP contribution in [0.1, 0.15) is 16.8 Å². The van der Waals surface area contributed by atoms with Crippen LogP contribution < -0.4 is 5.32 Å². The van der Waals surface area contributed by atoms with Gasteiger partial charge in [0.05, 0.1) is 11.3 Å². The lowest BCUT2D eigenvalue weighted by molar-refractivity contribution is 0.0953. The highest BCUT2D eigenvalue weighted by Crippen LogP contribution is 2.17. The van der Waals surface area contributed by atoms with Crippen LogP contribution in [0.25, 0.3) is 0 Å². The molecule has 0 heterocycles. The van der Waals surface area contributed by atoms with Crippen LogP contribution in [-0.2, 0) is 4.79 Å². The van der Waals surface area contributed by atoms with Gasteiger partial charge in [0.1, 0.15) is 0 Å². The summed E-state index contributed by atoms with van der Waals surface area (Å²) >= 11 is 0. The van der Waals surface area contributed by atoms with E-state index in [9.17, 15) is 9.59 Å². The predicted molar refractivity (Wildman–Crippen MR) is 69.7 cm³/mol. The zero-order chi connectivity index (χ0) is 13.4. The first-order valence-electron chi connectivity index (χ1n) is 5.75. The molecule has 5 nitrogen and oxygen atoms in total. The molecular weight excluding hydrogens is 230 g/mol. The van der Waals surface area contributed by atoms with Crippen LogP contribution in [-0.4, -0.2) is 44.1 Å². The van der Waals surface area contributed by atoms with Crippen LogP contribution >= 0.6 is 0 Å². The summed E-state index contributed by atoms with van der Waals surface area (Å²) in [7, 11) is 3.96. The second-order valence-corrected chi connectivity index (χ2v) is 4.13. The van der Waals surface area contributed by atoms with Gasteiger partial charge in [-0.1, -0.05) is 12.1 Å². The van der Waals surface area contributed by atoms with Gasteiger partial charge in [0.25, 0.3) is 5.91 Å². The van der Waals surface area contributed by atoms with E-state index in [4.69, 9.17) is 0 Å². The maximum Gasteiger partial charge on any atom is 0.253 e. The van der Waals surface area contributed by atoms with Crippen molar-refractivity contribution in [3.63, 3.8) is 0 Å². The Bertz CT molecular complexity index is 451. The predicted octanol–water partition coefficient (Wildman–Crippen LogP) is 1.34. The Hall–Kier alpha value is -1.97. The zero-order valence-electron chi connectivity index (χ0n) is 10.6. The second kappa shape index (κ2) is 7.37. The van der Waals surface area contributed by atoms with Crippen molar-refractivity contribution in [2.75, 3.05) is 27.2 Å². The van der Waals surface area contributed by atoms with Crippen LogP contribution in [0.3, 0.4) is 0 Å². The molecule has 1 N–H and O–H groups in total. The number of isocyanates is 1. The fourth-order valence-corrected chi connectivity index (χ4v) is 1.50. The number of nitrogens with zero attached hydrogens (tertiary/aromatic N) is 2. The third-order valence-electron chi connectivity index (χ3n) is 2.38. The van der Waals surface area contributed by atoms with E-state index in [1.807, 2.05) is 14.1 Å². The minimum atomic E-state index is -0.219. The number of aliphatic imine (C=N–C) groups is 1. The van der Waals surface area contributed by atoms with E-state index in [2.05, 4.69) is 15.2 Å². The quantitative estimate of drug-likeness (QED) is 0.468. The maximum absolute atomic E-state index is 11.9. The zero-order valence-corrected chi connectivity index (χ0v) is 10.6. The molecule has 0 bridgehead atoms. The van der Waals surface area contributed by atoms with Crippen LogP contribution in [0.4, 0.5) is 5.69 Å². The Balaban J connectivity index is 2.58. The normalized spacial score (nSPS) is 9.94. The SMILES string of the molecule is CN(C)CCCNC(=O)c1ccccc1N=C=O. The van der Waals surface area contributed by atoms with E-state index < -0.39 is 0 Å². The average molecular weight is 247 g/mol. The van der Waals surface area contributed by atoms with Crippen molar-refractivity contribution in [3.05, 3.63) is 29.8 Å². The Morgan fingerprint density at radius 2 is 2.11 bits per heavy atom. The topological polar surface area (TPSA) is 61.8 Å². The van der Waals surface area contributed by atoms with Crippen LogP contribution in [0.2, 0.25) is 0 Å². The first-order valence-corrected chi connectivity index (χ1v) is 5.75.